The Morgan fingerprint density at radius 3 is 2.40 bits per heavy atom. The summed E-state index contributed by atoms with van der Waals surface area (Å²) in [5.41, 5.74) is -0.319. The van der Waals surface area contributed by atoms with Gasteiger partial charge < -0.3 is 5.11 Å². The van der Waals surface area contributed by atoms with Gasteiger partial charge in [0.2, 0.25) is 0 Å². The van der Waals surface area contributed by atoms with Gasteiger partial charge in [0.05, 0.1) is 0 Å². The van der Waals surface area contributed by atoms with Crippen LogP contribution in [0.4, 0.5) is 14.6 Å². The summed E-state index contributed by atoms with van der Waals surface area (Å²) in [4.78, 5) is 0. The van der Waals surface area contributed by atoms with Crippen molar-refractivity contribution in [3.63, 3.8) is 0 Å². The fourth-order valence-corrected chi connectivity index (χ4v) is 0.598. The molecule has 4 heteroatoms. The molecule has 0 fully saturated rings. The highest BCUT2D eigenvalue weighted by atomic mass is 19.4. The molecule has 0 saturated carbocycles. The van der Waals surface area contributed by atoms with Crippen LogP contribution < -0.4 is 5.34 Å². The molecule has 0 atom stereocenters. The molecule has 1 aromatic carbocycles. The number of phenols is 1. The first-order valence-electron chi connectivity index (χ1n) is 2.61. The maximum atomic E-state index is 11.7. The molecule has 0 heterocycles. The Morgan fingerprint density at radius 1 is 1.30 bits per heavy atom. The van der Waals surface area contributed by atoms with E-state index >= 15 is 0 Å². The lowest BCUT2D eigenvalue weighted by molar-refractivity contribution is 0.234. The van der Waals surface area contributed by atoms with Crippen molar-refractivity contribution in [1.82, 2.24) is 0 Å². The predicted octanol–water partition coefficient (Wildman–Crippen LogP) is 1.97. The van der Waals surface area contributed by atoms with Crippen LogP contribution in [0.2, 0.25) is 0 Å². The summed E-state index contributed by atoms with van der Waals surface area (Å²) in [5, 5.41) is 7.65. The third-order valence-electron chi connectivity index (χ3n) is 1.02. The summed E-state index contributed by atoms with van der Waals surface area (Å²) in [6.07, 6.45) is 0. The SMILES string of the molecule is Oc1cccc(N(F)F)c1. The van der Waals surface area contributed by atoms with Crippen LogP contribution in [0.1, 0.15) is 0 Å². The van der Waals surface area contributed by atoms with Crippen LogP contribution in [0, 0.1) is 0 Å². The van der Waals surface area contributed by atoms with E-state index in [1.165, 1.54) is 18.2 Å². The molecule has 2 nitrogen and oxygen atoms in total. The van der Waals surface area contributed by atoms with Crippen molar-refractivity contribution < 1.29 is 14.1 Å². The highest BCUT2D eigenvalue weighted by Crippen LogP contribution is 2.19. The van der Waals surface area contributed by atoms with Gasteiger partial charge in [-0.05, 0) is 17.5 Å². The van der Waals surface area contributed by atoms with E-state index in [2.05, 4.69) is 0 Å². The van der Waals surface area contributed by atoms with Gasteiger partial charge in [0.25, 0.3) is 0 Å². The summed E-state index contributed by atoms with van der Waals surface area (Å²) < 4.78 is 23.3. The minimum absolute atomic E-state index is 0.169. The molecule has 0 amide bonds. The van der Waals surface area contributed by atoms with Crippen LogP contribution in [0.5, 0.6) is 5.75 Å². The van der Waals surface area contributed by atoms with Gasteiger partial charge >= 0.3 is 0 Å². The van der Waals surface area contributed by atoms with Crippen LogP contribution in [-0.4, -0.2) is 5.11 Å². The smallest absolute Gasteiger partial charge is 0.117 e. The lowest BCUT2D eigenvalue weighted by atomic mass is 10.3. The van der Waals surface area contributed by atoms with Crippen molar-refractivity contribution in [3.05, 3.63) is 24.3 Å². The van der Waals surface area contributed by atoms with Crippen molar-refractivity contribution in [2.75, 3.05) is 5.34 Å². The van der Waals surface area contributed by atoms with Crippen LogP contribution in [-0.2, 0) is 0 Å². The average molecular weight is 145 g/mol. The Bertz CT molecular complexity index is 227. The third-order valence-corrected chi connectivity index (χ3v) is 1.02. The lowest BCUT2D eigenvalue weighted by Crippen LogP contribution is -1.93. The fourth-order valence-electron chi connectivity index (χ4n) is 0.598. The topological polar surface area (TPSA) is 23.5 Å². The number of halogens is 2. The molecule has 54 valence electrons. The summed E-state index contributed by atoms with van der Waals surface area (Å²) >= 11 is 0. The van der Waals surface area contributed by atoms with Gasteiger partial charge in [-0.25, -0.2) is 0 Å². The summed E-state index contributed by atoms with van der Waals surface area (Å²) in [6.45, 7) is 0. The number of rotatable bonds is 1. The van der Waals surface area contributed by atoms with Crippen molar-refractivity contribution in [2.45, 2.75) is 0 Å². The molecule has 0 aliphatic carbocycles. The monoisotopic (exact) mass is 145 g/mol. The number of nitrogens with zero attached hydrogens (tertiary/aromatic N) is 1. The molecule has 1 rings (SSSR count). The molecule has 10 heavy (non-hydrogen) atoms. The average Bonchev–Trinajstić information content (AvgIpc) is 1.88. The highest BCUT2D eigenvalue weighted by Gasteiger charge is 2.01. The van der Waals surface area contributed by atoms with Crippen molar-refractivity contribution >= 4 is 5.69 Å². The Hall–Kier alpha value is -1.32. The number of benzene rings is 1. The first-order chi connectivity index (χ1) is 4.70. The molecule has 1 aromatic rings. The van der Waals surface area contributed by atoms with E-state index in [9.17, 15) is 8.96 Å². The summed E-state index contributed by atoms with van der Waals surface area (Å²) in [7, 11) is 0. The van der Waals surface area contributed by atoms with Crippen molar-refractivity contribution in [2.24, 2.45) is 0 Å². The maximum Gasteiger partial charge on any atom is 0.117 e. The molecule has 0 saturated heterocycles. The van der Waals surface area contributed by atoms with Gasteiger partial charge in [0, 0.05) is 6.07 Å². The van der Waals surface area contributed by atoms with E-state index in [1.807, 2.05) is 0 Å². The zero-order chi connectivity index (χ0) is 7.56. The molecular weight excluding hydrogens is 140 g/mol. The minimum Gasteiger partial charge on any atom is -0.508 e. The molecule has 1 N–H and O–H groups in total. The zero-order valence-corrected chi connectivity index (χ0v) is 4.96. The fraction of sp³-hybridized carbons (Fsp3) is 0. The quantitative estimate of drug-likeness (QED) is 0.610. The van der Waals surface area contributed by atoms with Gasteiger partial charge in [0.15, 0.2) is 0 Å². The summed E-state index contributed by atoms with van der Waals surface area (Å²) in [5.74, 6) is -0.169. The molecule has 0 bridgehead atoms. The van der Waals surface area contributed by atoms with Gasteiger partial charge in [-0.1, -0.05) is 15.0 Å². The highest BCUT2D eigenvalue weighted by molar-refractivity contribution is 5.45. The second-order valence-corrected chi connectivity index (χ2v) is 1.75. The molecule has 0 aliphatic heterocycles. The van der Waals surface area contributed by atoms with Gasteiger partial charge in [-0.2, -0.15) is 0 Å². The number of hydrogen-bond donors (Lipinski definition) is 1. The van der Waals surface area contributed by atoms with E-state index in [-0.39, 0.29) is 11.4 Å². The predicted molar refractivity (Wildman–Crippen MR) is 32.8 cm³/mol. The second kappa shape index (κ2) is 2.51. The van der Waals surface area contributed by atoms with Crippen LogP contribution in [0.3, 0.4) is 0 Å². The molecular formula is C6H5F2NO. The van der Waals surface area contributed by atoms with Crippen molar-refractivity contribution in [1.29, 1.82) is 0 Å². The number of phenolic OH excluding ortho intramolecular Hbond substituents is 1. The molecule has 0 radical (unpaired) electrons. The van der Waals surface area contributed by atoms with Crippen molar-refractivity contribution in [3.8, 4) is 5.75 Å². The largest absolute Gasteiger partial charge is 0.508 e. The van der Waals surface area contributed by atoms with Crippen LogP contribution in [0.15, 0.2) is 24.3 Å². The minimum atomic E-state index is -1.06. The van der Waals surface area contributed by atoms with E-state index in [1.54, 1.807) is 0 Å². The number of anilines is 1. The van der Waals surface area contributed by atoms with E-state index in [0.29, 0.717) is 0 Å². The van der Waals surface area contributed by atoms with Gasteiger partial charge in [0.1, 0.15) is 11.4 Å². The van der Waals surface area contributed by atoms with Gasteiger partial charge in [-0.3, -0.25) is 0 Å². The van der Waals surface area contributed by atoms with E-state index in [4.69, 9.17) is 5.11 Å². The zero-order valence-electron chi connectivity index (χ0n) is 4.96. The first kappa shape index (κ1) is 6.80. The van der Waals surface area contributed by atoms with Crippen LogP contribution >= 0.6 is 0 Å². The Balaban J connectivity index is 2.96. The van der Waals surface area contributed by atoms with Gasteiger partial charge in [-0.15, -0.1) is 0 Å². The normalized spacial score (nSPS) is 9.40. The molecule has 0 unspecified atom stereocenters. The van der Waals surface area contributed by atoms with E-state index < -0.39 is 5.34 Å². The van der Waals surface area contributed by atoms with E-state index in [0.717, 1.165) is 6.07 Å². The number of aromatic hydroxyl groups is 1. The standard InChI is InChI=1S/C6H5F2NO/c7-9(8)5-2-1-3-6(10)4-5/h1-4,10H. The Labute approximate surface area is 56.2 Å². The summed E-state index contributed by atoms with van der Waals surface area (Å²) in [6, 6.07) is 4.84. The van der Waals surface area contributed by atoms with Crippen LogP contribution in [0.25, 0.3) is 0 Å². The lowest BCUT2D eigenvalue weighted by Gasteiger charge is -2.00. The Kier molecular flexibility index (Phi) is 1.71. The number of hydrogen-bond acceptors (Lipinski definition) is 2. The molecule has 0 aromatic heterocycles. The second-order valence-electron chi connectivity index (χ2n) is 1.75. The maximum absolute atomic E-state index is 11.7. The molecule has 0 spiro atoms. The Morgan fingerprint density at radius 2 is 2.00 bits per heavy atom. The first-order valence-corrected chi connectivity index (χ1v) is 2.61. The molecule has 0 aliphatic rings. The third kappa shape index (κ3) is 1.34.